The number of carboxylic acid groups (broad SMARTS) is 1. The van der Waals surface area contributed by atoms with Crippen molar-refractivity contribution in [2.45, 2.75) is 6.42 Å². The Hall–Kier alpha value is -1.68. The number of nitrogens with zero attached hydrogens (tertiary/aromatic N) is 1. The van der Waals surface area contributed by atoms with Crippen LogP contribution in [0.1, 0.15) is 15.4 Å². The molecule has 1 aromatic heterocycles. The highest BCUT2D eigenvalue weighted by Gasteiger charge is 2.11. The molecule has 2 rings (SSSR count). The quantitative estimate of drug-likeness (QED) is 0.807. The molecule has 1 N–H and O–H groups in total. The van der Waals surface area contributed by atoms with Gasteiger partial charge in [0.25, 0.3) is 0 Å². The second-order valence-corrected chi connectivity index (χ2v) is 4.11. The lowest BCUT2D eigenvalue weighted by atomic mass is 10.1. The minimum atomic E-state index is -0.972. The van der Waals surface area contributed by atoms with Crippen LogP contribution in [-0.4, -0.2) is 16.1 Å². The van der Waals surface area contributed by atoms with Crippen molar-refractivity contribution in [3.63, 3.8) is 0 Å². The summed E-state index contributed by atoms with van der Waals surface area (Å²) in [5.74, 6) is -0.972. The Balaban J connectivity index is 2.63. The van der Waals surface area contributed by atoms with E-state index in [0.29, 0.717) is 6.42 Å². The van der Waals surface area contributed by atoms with Crippen molar-refractivity contribution in [3.05, 3.63) is 41.4 Å². The molecule has 0 saturated heterocycles. The second kappa shape index (κ2) is 3.82. The first-order chi connectivity index (χ1) is 7.22. The second-order valence-electron chi connectivity index (χ2n) is 3.08. The molecular weight excluding hydrogens is 210 g/mol. The van der Waals surface area contributed by atoms with Crippen LogP contribution in [0.4, 0.5) is 0 Å². The van der Waals surface area contributed by atoms with Gasteiger partial charge in [-0.2, -0.15) is 0 Å². The Morgan fingerprint density at radius 3 is 3.07 bits per heavy atom. The maximum atomic E-state index is 10.8. The maximum Gasteiger partial charge on any atom is 0.365 e. The van der Waals surface area contributed by atoms with Gasteiger partial charge in [-0.3, -0.25) is 0 Å². The summed E-state index contributed by atoms with van der Waals surface area (Å²) >= 11 is 1.20. The number of aromatic nitrogens is 1. The number of aromatic carboxylic acids is 1. The fourth-order valence-corrected chi connectivity index (χ4v) is 2.27. The fourth-order valence-electron chi connectivity index (χ4n) is 1.42. The molecule has 0 unspecified atom stereocenters. The zero-order chi connectivity index (χ0) is 10.8. The first-order valence-corrected chi connectivity index (χ1v) is 5.26. The number of fused-ring (bicyclic) bond motifs is 1. The Bertz CT molecular complexity index is 530. The third-order valence-electron chi connectivity index (χ3n) is 2.05. The number of rotatable bonds is 3. The molecule has 76 valence electrons. The van der Waals surface area contributed by atoms with Gasteiger partial charge in [-0.15, -0.1) is 17.9 Å². The minimum absolute atomic E-state index is 0.140. The van der Waals surface area contributed by atoms with Crippen molar-refractivity contribution < 1.29 is 9.90 Å². The Morgan fingerprint density at radius 2 is 2.40 bits per heavy atom. The van der Waals surface area contributed by atoms with E-state index in [9.17, 15) is 4.79 Å². The van der Waals surface area contributed by atoms with Crippen LogP contribution < -0.4 is 0 Å². The Labute approximate surface area is 90.7 Å². The molecule has 1 aromatic carbocycles. The van der Waals surface area contributed by atoms with Gasteiger partial charge in [-0.05, 0) is 18.1 Å². The van der Waals surface area contributed by atoms with E-state index in [0.717, 1.165) is 15.8 Å². The van der Waals surface area contributed by atoms with Crippen molar-refractivity contribution >= 4 is 27.5 Å². The lowest BCUT2D eigenvalue weighted by molar-refractivity contribution is 0.0696. The normalized spacial score (nSPS) is 10.4. The van der Waals surface area contributed by atoms with Crippen molar-refractivity contribution in [1.82, 2.24) is 4.98 Å². The summed E-state index contributed by atoms with van der Waals surface area (Å²) in [6, 6.07) is 5.73. The molecule has 0 fully saturated rings. The molecule has 0 bridgehead atoms. The topological polar surface area (TPSA) is 50.2 Å². The number of hydrogen-bond donors (Lipinski definition) is 1. The third kappa shape index (κ3) is 1.76. The van der Waals surface area contributed by atoms with Gasteiger partial charge in [0.15, 0.2) is 0 Å². The van der Waals surface area contributed by atoms with Gasteiger partial charge in [0.05, 0.1) is 10.2 Å². The van der Waals surface area contributed by atoms with Gasteiger partial charge in [-0.25, -0.2) is 9.78 Å². The van der Waals surface area contributed by atoms with E-state index in [1.54, 1.807) is 6.08 Å². The zero-order valence-electron chi connectivity index (χ0n) is 7.93. The highest BCUT2D eigenvalue weighted by Crippen LogP contribution is 2.25. The first kappa shape index (κ1) is 9.86. The molecule has 0 aliphatic heterocycles. The van der Waals surface area contributed by atoms with Gasteiger partial charge in [-0.1, -0.05) is 18.2 Å². The molecular formula is C11H9NO2S. The number of hydrogen-bond acceptors (Lipinski definition) is 3. The summed E-state index contributed by atoms with van der Waals surface area (Å²) < 4.78 is 0.909. The molecule has 1 heterocycles. The van der Waals surface area contributed by atoms with E-state index >= 15 is 0 Å². The van der Waals surface area contributed by atoms with Crippen LogP contribution in [0.15, 0.2) is 30.9 Å². The number of allylic oxidation sites excluding steroid dienone is 1. The van der Waals surface area contributed by atoms with Crippen LogP contribution in [0.2, 0.25) is 0 Å². The van der Waals surface area contributed by atoms with Crippen LogP contribution in [0.3, 0.4) is 0 Å². The molecule has 2 aromatic rings. The number of carboxylic acids is 1. The van der Waals surface area contributed by atoms with Gasteiger partial charge < -0.3 is 5.11 Å². The number of para-hydroxylation sites is 1. The van der Waals surface area contributed by atoms with Crippen molar-refractivity contribution in [3.8, 4) is 0 Å². The summed E-state index contributed by atoms with van der Waals surface area (Å²) in [5.41, 5.74) is 1.80. The third-order valence-corrected chi connectivity index (χ3v) is 3.06. The predicted octanol–water partition coefficient (Wildman–Crippen LogP) is 2.72. The zero-order valence-corrected chi connectivity index (χ0v) is 8.75. The van der Waals surface area contributed by atoms with E-state index in [1.807, 2.05) is 18.2 Å². The van der Waals surface area contributed by atoms with Crippen molar-refractivity contribution in [1.29, 1.82) is 0 Å². The molecule has 0 saturated carbocycles. The highest BCUT2D eigenvalue weighted by molar-refractivity contribution is 7.20. The summed E-state index contributed by atoms with van der Waals surface area (Å²) in [4.78, 5) is 14.9. The number of thiazole rings is 1. The summed E-state index contributed by atoms with van der Waals surface area (Å²) in [6.07, 6.45) is 2.49. The lowest BCUT2D eigenvalue weighted by Gasteiger charge is -1.96. The van der Waals surface area contributed by atoms with Crippen molar-refractivity contribution in [2.24, 2.45) is 0 Å². The Morgan fingerprint density at radius 1 is 1.60 bits per heavy atom. The number of benzene rings is 1. The van der Waals surface area contributed by atoms with Crippen LogP contribution in [0.25, 0.3) is 10.2 Å². The monoisotopic (exact) mass is 219 g/mol. The summed E-state index contributed by atoms with van der Waals surface area (Å²) in [7, 11) is 0. The molecule has 15 heavy (non-hydrogen) atoms. The molecule has 0 aliphatic rings. The average molecular weight is 219 g/mol. The Kier molecular flexibility index (Phi) is 2.51. The smallest absolute Gasteiger partial charge is 0.365 e. The first-order valence-electron chi connectivity index (χ1n) is 4.45. The van der Waals surface area contributed by atoms with Crippen LogP contribution in [0.5, 0.6) is 0 Å². The SMILES string of the molecule is C=CCc1cccc2sc(C(=O)O)nc12. The van der Waals surface area contributed by atoms with Gasteiger partial charge in [0.2, 0.25) is 5.01 Å². The molecule has 3 nitrogen and oxygen atoms in total. The predicted molar refractivity (Wildman–Crippen MR) is 60.5 cm³/mol. The molecule has 0 atom stereocenters. The van der Waals surface area contributed by atoms with E-state index < -0.39 is 5.97 Å². The molecule has 0 amide bonds. The summed E-state index contributed by atoms with van der Waals surface area (Å²) in [6.45, 7) is 3.66. The van der Waals surface area contributed by atoms with Crippen LogP contribution in [-0.2, 0) is 6.42 Å². The minimum Gasteiger partial charge on any atom is -0.476 e. The highest BCUT2D eigenvalue weighted by atomic mass is 32.1. The van der Waals surface area contributed by atoms with Crippen LogP contribution >= 0.6 is 11.3 Å². The summed E-state index contributed by atoms with van der Waals surface area (Å²) in [5, 5.41) is 8.97. The fraction of sp³-hybridized carbons (Fsp3) is 0.0909. The van der Waals surface area contributed by atoms with Crippen LogP contribution in [0, 0.1) is 0 Å². The van der Waals surface area contributed by atoms with E-state index in [1.165, 1.54) is 11.3 Å². The van der Waals surface area contributed by atoms with E-state index in [-0.39, 0.29) is 5.01 Å². The molecule has 0 spiro atoms. The lowest BCUT2D eigenvalue weighted by Crippen LogP contribution is -1.94. The largest absolute Gasteiger partial charge is 0.476 e. The van der Waals surface area contributed by atoms with Gasteiger partial charge in [0.1, 0.15) is 0 Å². The maximum absolute atomic E-state index is 10.8. The molecule has 0 aliphatic carbocycles. The van der Waals surface area contributed by atoms with Gasteiger partial charge >= 0.3 is 5.97 Å². The van der Waals surface area contributed by atoms with Crippen molar-refractivity contribution in [2.75, 3.05) is 0 Å². The number of carbonyl (C=O) groups is 1. The molecule has 4 heteroatoms. The molecule has 0 radical (unpaired) electrons. The standard InChI is InChI=1S/C11H9NO2S/c1-2-4-7-5-3-6-8-9(7)12-10(15-8)11(13)14/h2-3,5-6H,1,4H2,(H,13,14). The van der Waals surface area contributed by atoms with Gasteiger partial charge in [0, 0.05) is 0 Å². The van der Waals surface area contributed by atoms with E-state index in [2.05, 4.69) is 11.6 Å². The average Bonchev–Trinajstić information content (AvgIpc) is 2.63. The van der Waals surface area contributed by atoms with E-state index in [4.69, 9.17) is 5.11 Å².